The van der Waals surface area contributed by atoms with Crippen LogP contribution in [0.4, 0.5) is 0 Å². The molecule has 0 saturated heterocycles. The molecule has 2 aromatic rings. The molecule has 0 amide bonds. The van der Waals surface area contributed by atoms with Crippen molar-refractivity contribution in [2.75, 3.05) is 6.54 Å². The SMILES string of the molecule is NCC1CCC(Oc2ccc3[nH]ncc3c2)CC1. The lowest BCUT2D eigenvalue weighted by Gasteiger charge is -2.28. The Hall–Kier alpha value is -1.55. The van der Waals surface area contributed by atoms with E-state index in [1.165, 1.54) is 12.8 Å². The summed E-state index contributed by atoms with van der Waals surface area (Å²) in [5.41, 5.74) is 6.75. The zero-order valence-corrected chi connectivity index (χ0v) is 10.4. The van der Waals surface area contributed by atoms with Gasteiger partial charge in [-0.2, -0.15) is 5.10 Å². The van der Waals surface area contributed by atoms with Gasteiger partial charge in [0.15, 0.2) is 0 Å². The van der Waals surface area contributed by atoms with Crippen molar-refractivity contribution in [2.24, 2.45) is 11.7 Å². The normalized spacial score (nSPS) is 24.3. The van der Waals surface area contributed by atoms with Crippen LogP contribution in [0.5, 0.6) is 5.75 Å². The number of aromatic amines is 1. The summed E-state index contributed by atoms with van der Waals surface area (Å²) in [5.74, 6) is 1.64. The fourth-order valence-electron chi connectivity index (χ4n) is 2.67. The largest absolute Gasteiger partial charge is 0.490 e. The van der Waals surface area contributed by atoms with E-state index in [1.807, 2.05) is 24.4 Å². The summed E-state index contributed by atoms with van der Waals surface area (Å²) in [7, 11) is 0. The minimum Gasteiger partial charge on any atom is -0.490 e. The number of H-pyrrole nitrogens is 1. The standard InChI is InChI=1S/C14H19N3O/c15-8-10-1-3-12(4-2-10)18-13-5-6-14-11(7-13)9-16-17-14/h5-7,9-10,12H,1-4,8,15H2,(H,16,17). The van der Waals surface area contributed by atoms with Crippen LogP contribution >= 0.6 is 0 Å². The number of aromatic nitrogens is 2. The van der Waals surface area contributed by atoms with Crippen LogP contribution in [0, 0.1) is 5.92 Å². The number of nitrogens with one attached hydrogen (secondary N) is 1. The van der Waals surface area contributed by atoms with Crippen LogP contribution in [0.15, 0.2) is 24.4 Å². The van der Waals surface area contributed by atoms with E-state index in [2.05, 4.69) is 10.2 Å². The molecule has 0 unspecified atom stereocenters. The molecule has 1 aromatic heterocycles. The van der Waals surface area contributed by atoms with Gasteiger partial charge in [-0.1, -0.05) is 0 Å². The average molecular weight is 245 g/mol. The highest BCUT2D eigenvalue weighted by atomic mass is 16.5. The van der Waals surface area contributed by atoms with Crippen molar-refractivity contribution in [1.82, 2.24) is 10.2 Å². The highest BCUT2D eigenvalue weighted by molar-refractivity contribution is 5.79. The third-order valence-corrected chi connectivity index (χ3v) is 3.84. The van der Waals surface area contributed by atoms with E-state index >= 15 is 0 Å². The lowest BCUT2D eigenvalue weighted by atomic mass is 9.87. The molecule has 1 aliphatic carbocycles. The van der Waals surface area contributed by atoms with Crippen LogP contribution in [0.2, 0.25) is 0 Å². The van der Waals surface area contributed by atoms with Crippen LogP contribution in [0.1, 0.15) is 25.7 Å². The fraction of sp³-hybridized carbons (Fsp3) is 0.500. The molecule has 0 bridgehead atoms. The monoisotopic (exact) mass is 245 g/mol. The first kappa shape index (κ1) is 11.5. The predicted molar refractivity (Wildman–Crippen MR) is 71.5 cm³/mol. The Balaban J connectivity index is 1.65. The van der Waals surface area contributed by atoms with Gasteiger partial charge in [-0.05, 0) is 56.3 Å². The fourth-order valence-corrected chi connectivity index (χ4v) is 2.67. The molecular formula is C14H19N3O. The van der Waals surface area contributed by atoms with Gasteiger partial charge in [0.05, 0.1) is 17.8 Å². The molecule has 3 rings (SSSR count). The Bertz CT molecular complexity index is 514. The average Bonchev–Trinajstić information content (AvgIpc) is 2.87. The minimum atomic E-state index is 0.345. The molecule has 0 radical (unpaired) electrons. The molecule has 1 fully saturated rings. The molecule has 4 nitrogen and oxygen atoms in total. The smallest absolute Gasteiger partial charge is 0.120 e. The molecule has 1 heterocycles. The number of hydrogen-bond donors (Lipinski definition) is 2. The van der Waals surface area contributed by atoms with E-state index in [0.29, 0.717) is 12.0 Å². The third-order valence-electron chi connectivity index (χ3n) is 3.84. The quantitative estimate of drug-likeness (QED) is 0.873. The second kappa shape index (κ2) is 4.98. The summed E-state index contributed by atoms with van der Waals surface area (Å²) < 4.78 is 6.04. The number of benzene rings is 1. The zero-order valence-electron chi connectivity index (χ0n) is 10.4. The van der Waals surface area contributed by atoms with Crippen molar-refractivity contribution < 1.29 is 4.74 Å². The molecular weight excluding hydrogens is 226 g/mol. The number of nitrogens with zero attached hydrogens (tertiary/aromatic N) is 1. The van der Waals surface area contributed by atoms with Crippen LogP contribution in [-0.2, 0) is 0 Å². The van der Waals surface area contributed by atoms with Crippen LogP contribution < -0.4 is 10.5 Å². The summed E-state index contributed by atoms with van der Waals surface area (Å²) in [6, 6.07) is 6.08. The van der Waals surface area contributed by atoms with Crippen LogP contribution in [0.25, 0.3) is 10.9 Å². The van der Waals surface area contributed by atoms with E-state index in [0.717, 1.165) is 36.0 Å². The second-order valence-electron chi connectivity index (χ2n) is 5.12. The highest BCUT2D eigenvalue weighted by Crippen LogP contribution is 2.28. The molecule has 1 aliphatic rings. The molecule has 1 aromatic carbocycles. The van der Waals surface area contributed by atoms with Crippen LogP contribution in [-0.4, -0.2) is 22.8 Å². The lowest BCUT2D eigenvalue weighted by Crippen LogP contribution is -2.27. The van der Waals surface area contributed by atoms with E-state index in [4.69, 9.17) is 10.5 Å². The molecule has 0 aliphatic heterocycles. The second-order valence-corrected chi connectivity index (χ2v) is 5.12. The Morgan fingerprint density at radius 1 is 1.28 bits per heavy atom. The number of hydrogen-bond acceptors (Lipinski definition) is 3. The highest BCUT2D eigenvalue weighted by Gasteiger charge is 2.21. The van der Waals surface area contributed by atoms with Crippen molar-refractivity contribution in [3.8, 4) is 5.75 Å². The topological polar surface area (TPSA) is 63.9 Å². The van der Waals surface area contributed by atoms with Gasteiger partial charge in [-0.15, -0.1) is 0 Å². The third kappa shape index (κ3) is 2.34. The summed E-state index contributed by atoms with van der Waals surface area (Å²) in [4.78, 5) is 0. The number of rotatable bonds is 3. The van der Waals surface area contributed by atoms with Crippen molar-refractivity contribution in [3.05, 3.63) is 24.4 Å². The molecule has 18 heavy (non-hydrogen) atoms. The first-order valence-corrected chi connectivity index (χ1v) is 6.65. The maximum absolute atomic E-state index is 6.04. The van der Waals surface area contributed by atoms with E-state index < -0.39 is 0 Å². The Labute approximate surface area is 107 Å². The van der Waals surface area contributed by atoms with E-state index in [9.17, 15) is 0 Å². The summed E-state index contributed by atoms with van der Waals surface area (Å²) in [6.07, 6.45) is 6.78. The van der Waals surface area contributed by atoms with Gasteiger partial charge in [0.1, 0.15) is 5.75 Å². The first-order valence-electron chi connectivity index (χ1n) is 6.65. The van der Waals surface area contributed by atoms with E-state index in [-0.39, 0.29) is 0 Å². The van der Waals surface area contributed by atoms with Crippen molar-refractivity contribution in [1.29, 1.82) is 0 Å². The van der Waals surface area contributed by atoms with Crippen LogP contribution in [0.3, 0.4) is 0 Å². The Kier molecular flexibility index (Phi) is 3.19. The number of ether oxygens (including phenoxy) is 1. The zero-order chi connectivity index (χ0) is 12.4. The summed E-state index contributed by atoms with van der Waals surface area (Å²) in [6.45, 7) is 0.813. The maximum atomic E-state index is 6.04. The lowest BCUT2D eigenvalue weighted by molar-refractivity contribution is 0.133. The molecule has 1 saturated carbocycles. The van der Waals surface area contributed by atoms with E-state index in [1.54, 1.807) is 0 Å². The molecule has 4 heteroatoms. The Morgan fingerprint density at radius 2 is 2.11 bits per heavy atom. The Morgan fingerprint density at radius 3 is 2.89 bits per heavy atom. The maximum Gasteiger partial charge on any atom is 0.120 e. The predicted octanol–water partition coefficient (Wildman–Crippen LogP) is 2.46. The number of fused-ring (bicyclic) bond motifs is 1. The summed E-state index contributed by atoms with van der Waals surface area (Å²) >= 11 is 0. The van der Waals surface area contributed by atoms with Gasteiger partial charge < -0.3 is 10.5 Å². The van der Waals surface area contributed by atoms with Gasteiger partial charge >= 0.3 is 0 Å². The van der Waals surface area contributed by atoms with Crippen molar-refractivity contribution in [2.45, 2.75) is 31.8 Å². The van der Waals surface area contributed by atoms with Crippen molar-refractivity contribution in [3.63, 3.8) is 0 Å². The molecule has 0 spiro atoms. The van der Waals surface area contributed by atoms with Gasteiger partial charge in [0.25, 0.3) is 0 Å². The first-order chi connectivity index (χ1) is 8.85. The van der Waals surface area contributed by atoms with Gasteiger partial charge in [-0.3, -0.25) is 5.10 Å². The van der Waals surface area contributed by atoms with Gasteiger partial charge in [-0.25, -0.2) is 0 Å². The molecule has 96 valence electrons. The van der Waals surface area contributed by atoms with Crippen molar-refractivity contribution >= 4 is 10.9 Å². The summed E-state index contributed by atoms with van der Waals surface area (Å²) in [5, 5.41) is 8.06. The number of nitrogens with two attached hydrogens (primary N) is 1. The van der Waals surface area contributed by atoms with Gasteiger partial charge in [0, 0.05) is 5.39 Å². The van der Waals surface area contributed by atoms with Gasteiger partial charge in [0.2, 0.25) is 0 Å². The molecule has 3 N–H and O–H groups in total. The molecule has 0 atom stereocenters. The minimum absolute atomic E-state index is 0.345.